The monoisotopic (exact) mass is 421 g/mol. The number of hydrogen-bond donors (Lipinski definition) is 1. The zero-order valence-electron chi connectivity index (χ0n) is 16.8. The van der Waals surface area contributed by atoms with Gasteiger partial charge in [0, 0.05) is 6.07 Å². The smallest absolute Gasteiger partial charge is 0.274 e. The lowest BCUT2D eigenvalue weighted by Crippen LogP contribution is -2.45. The van der Waals surface area contributed by atoms with Gasteiger partial charge < -0.3 is 10.1 Å². The van der Waals surface area contributed by atoms with Crippen molar-refractivity contribution >= 4 is 33.0 Å². The lowest BCUT2D eigenvalue weighted by Gasteiger charge is -2.29. The van der Waals surface area contributed by atoms with Gasteiger partial charge in [0.25, 0.3) is 5.69 Å². The van der Waals surface area contributed by atoms with E-state index in [1.165, 1.54) is 39.2 Å². The fourth-order valence-electron chi connectivity index (χ4n) is 2.95. The van der Waals surface area contributed by atoms with Gasteiger partial charge in [-0.15, -0.1) is 0 Å². The summed E-state index contributed by atoms with van der Waals surface area (Å²) in [6.45, 7) is 4.74. The van der Waals surface area contributed by atoms with Crippen molar-refractivity contribution in [2.45, 2.75) is 26.8 Å². The molecule has 0 aromatic heterocycles. The van der Waals surface area contributed by atoms with Crippen LogP contribution < -0.4 is 14.4 Å². The zero-order chi connectivity index (χ0) is 21.9. The van der Waals surface area contributed by atoms with Gasteiger partial charge in [0.15, 0.2) is 0 Å². The standard InChI is InChI=1S/C19H23N3O6S/c1-12-9-10-18(28-4)17(11-12)21(29(5,26)27)14(3)19(23)20-15-7-6-8-16(13(15)2)22(24)25/h6-11,14H,1-5H3,(H,20,23)/t14-/m1/s1. The average molecular weight is 421 g/mol. The second-order valence-corrected chi connectivity index (χ2v) is 8.47. The topological polar surface area (TPSA) is 119 Å². The van der Waals surface area contributed by atoms with Crippen LogP contribution in [0.25, 0.3) is 0 Å². The molecule has 0 heterocycles. The van der Waals surface area contributed by atoms with Crippen LogP contribution in [0.3, 0.4) is 0 Å². The van der Waals surface area contributed by atoms with E-state index < -0.39 is 26.9 Å². The second-order valence-electron chi connectivity index (χ2n) is 6.61. The first-order valence-corrected chi connectivity index (χ1v) is 10.5. The minimum Gasteiger partial charge on any atom is -0.495 e. The number of amides is 1. The molecule has 1 amide bonds. The minimum absolute atomic E-state index is 0.143. The summed E-state index contributed by atoms with van der Waals surface area (Å²) < 4.78 is 31.3. The van der Waals surface area contributed by atoms with Gasteiger partial charge in [-0.3, -0.25) is 19.2 Å². The van der Waals surface area contributed by atoms with Crippen LogP contribution in [0, 0.1) is 24.0 Å². The quantitative estimate of drug-likeness (QED) is 0.542. The van der Waals surface area contributed by atoms with E-state index in [9.17, 15) is 23.3 Å². The summed E-state index contributed by atoms with van der Waals surface area (Å²) in [5.74, 6) is -0.338. The summed E-state index contributed by atoms with van der Waals surface area (Å²) in [6, 6.07) is 8.16. The van der Waals surface area contributed by atoms with E-state index in [0.29, 0.717) is 5.75 Å². The Morgan fingerprint density at radius 2 is 1.90 bits per heavy atom. The van der Waals surface area contributed by atoms with Crippen LogP contribution in [0.15, 0.2) is 36.4 Å². The minimum atomic E-state index is -3.85. The summed E-state index contributed by atoms with van der Waals surface area (Å²) in [6.07, 6.45) is 0.997. The van der Waals surface area contributed by atoms with Crippen molar-refractivity contribution in [3.8, 4) is 5.75 Å². The molecule has 0 fully saturated rings. The highest BCUT2D eigenvalue weighted by molar-refractivity contribution is 7.92. The molecule has 2 aromatic carbocycles. The number of nitro groups is 1. The highest BCUT2D eigenvalue weighted by Gasteiger charge is 2.32. The lowest BCUT2D eigenvalue weighted by molar-refractivity contribution is -0.385. The van der Waals surface area contributed by atoms with E-state index in [1.54, 1.807) is 25.1 Å². The maximum atomic E-state index is 12.9. The molecule has 1 N–H and O–H groups in total. The number of hydrogen-bond acceptors (Lipinski definition) is 6. The highest BCUT2D eigenvalue weighted by Crippen LogP contribution is 2.33. The zero-order valence-corrected chi connectivity index (χ0v) is 17.6. The number of sulfonamides is 1. The lowest BCUT2D eigenvalue weighted by atomic mass is 10.1. The molecule has 2 aromatic rings. The fourth-order valence-corrected chi connectivity index (χ4v) is 4.12. The third-order valence-corrected chi connectivity index (χ3v) is 5.65. The number of methoxy groups -OCH3 is 1. The SMILES string of the molecule is COc1ccc(C)cc1N([C@H](C)C(=O)Nc1cccc([N+](=O)[O-])c1C)S(C)(=O)=O. The van der Waals surface area contributed by atoms with E-state index in [4.69, 9.17) is 4.74 Å². The second kappa shape index (κ2) is 8.48. The van der Waals surface area contributed by atoms with Crippen molar-refractivity contribution in [1.82, 2.24) is 0 Å². The van der Waals surface area contributed by atoms with Gasteiger partial charge >= 0.3 is 0 Å². The van der Waals surface area contributed by atoms with Crippen molar-refractivity contribution < 1.29 is 22.9 Å². The summed E-state index contributed by atoms with van der Waals surface area (Å²) >= 11 is 0. The molecular weight excluding hydrogens is 398 g/mol. The number of ether oxygens (including phenoxy) is 1. The number of rotatable bonds is 7. The van der Waals surface area contributed by atoms with Crippen molar-refractivity contribution in [2.24, 2.45) is 0 Å². The third-order valence-electron chi connectivity index (χ3n) is 4.42. The van der Waals surface area contributed by atoms with Gasteiger partial charge in [0.2, 0.25) is 15.9 Å². The van der Waals surface area contributed by atoms with Crippen LogP contribution in [-0.4, -0.2) is 38.7 Å². The van der Waals surface area contributed by atoms with E-state index >= 15 is 0 Å². The van der Waals surface area contributed by atoms with Crippen molar-refractivity contribution in [2.75, 3.05) is 23.0 Å². The number of carbonyl (C=O) groups excluding carboxylic acids is 1. The Bertz CT molecular complexity index is 1050. The molecule has 2 rings (SSSR count). The van der Waals surface area contributed by atoms with E-state index in [-0.39, 0.29) is 22.6 Å². The Hall–Kier alpha value is -3.14. The summed E-state index contributed by atoms with van der Waals surface area (Å²) in [7, 11) is -2.44. The maximum absolute atomic E-state index is 12.9. The molecule has 0 spiro atoms. The van der Waals surface area contributed by atoms with Crippen LogP contribution in [0.1, 0.15) is 18.1 Å². The van der Waals surface area contributed by atoms with Crippen LogP contribution in [0.5, 0.6) is 5.75 Å². The first-order valence-electron chi connectivity index (χ1n) is 8.66. The van der Waals surface area contributed by atoms with E-state index in [2.05, 4.69) is 5.32 Å². The van der Waals surface area contributed by atoms with Gasteiger partial charge in [-0.2, -0.15) is 0 Å². The van der Waals surface area contributed by atoms with Crippen molar-refractivity contribution in [3.05, 3.63) is 57.6 Å². The molecule has 29 heavy (non-hydrogen) atoms. The molecule has 0 bridgehead atoms. The average Bonchev–Trinajstić information content (AvgIpc) is 2.62. The van der Waals surface area contributed by atoms with Gasteiger partial charge in [-0.25, -0.2) is 8.42 Å². The number of nitrogens with one attached hydrogen (secondary N) is 1. The Balaban J connectivity index is 2.45. The first-order chi connectivity index (χ1) is 13.5. The third kappa shape index (κ3) is 4.83. The number of benzene rings is 2. The van der Waals surface area contributed by atoms with Crippen molar-refractivity contribution in [3.63, 3.8) is 0 Å². The summed E-state index contributed by atoms with van der Waals surface area (Å²) in [5.41, 5.74) is 1.39. The van der Waals surface area contributed by atoms with E-state index in [0.717, 1.165) is 16.1 Å². The Morgan fingerprint density at radius 3 is 2.45 bits per heavy atom. The van der Waals surface area contributed by atoms with Crippen LogP contribution in [0.2, 0.25) is 0 Å². The molecule has 0 saturated carbocycles. The predicted molar refractivity (Wildman–Crippen MR) is 111 cm³/mol. The largest absolute Gasteiger partial charge is 0.495 e. The number of anilines is 2. The summed E-state index contributed by atoms with van der Waals surface area (Å²) in [5, 5.41) is 13.7. The molecule has 10 heteroatoms. The predicted octanol–water partition coefficient (Wildman–Crippen LogP) is 3.01. The Labute approximate surface area is 169 Å². The molecular formula is C19H23N3O6S. The van der Waals surface area contributed by atoms with Crippen molar-refractivity contribution in [1.29, 1.82) is 0 Å². The van der Waals surface area contributed by atoms with Gasteiger partial charge in [-0.05, 0) is 44.5 Å². The normalized spacial score (nSPS) is 12.2. The van der Waals surface area contributed by atoms with Crippen LogP contribution in [0.4, 0.5) is 17.1 Å². The number of nitro benzene ring substituents is 1. The van der Waals surface area contributed by atoms with Gasteiger partial charge in [0.05, 0.1) is 35.2 Å². The molecule has 9 nitrogen and oxygen atoms in total. The first kappa shape index (κ1) is 22.2. The molecule has 0 aliphatic heterocycles. The molecule has 0 aliphatic rings. The van der Waals surface area contributed by atoms with Crippen LogP contribution >= 0.6 is 0 Å². The molecule has 0 radical (unpaired) electrons. The highest BCUT2D eigenvalue weighted by atomic mass is 32.2. The van der Waals surface area contributed by atoms with Crippen LogP contribution in [-0.2, 0) is 14.8 Å². The fraction of sp³-hybridized carbons (Fsp3) is 0.316. The maximum Gasteiger partial charge on any atom is 0.274 e. The van der Waals surface area contributed by atoms with E-state index in [1.807, 2.05) is 0 Å². The Kier molecular flexibility index (Phi) is 6.48. The molecule has 156 valence electrons. The number of nitrogens with zero attached hydrogens (tertiary/aromatic N) is 2. The molecule has 0 saturated heterocycles. The Morgan fingerprint density at radius 1 is 1.24 bits per heavy atom. The molecule has 0 aliphatic carbocycles. The van der Waals surface area contributed by atoms with Gasteiger partial charge in [-0.1, -0.05) is 12.1 Å². The molecule has 1 atom stereocenters. The van der Waals surface area contributed by atoms with Gasteiger partial charge in [0.1, 0.15) is 11.8 Å². The number of aryl methyl sites for hydroxylation is 1. The number of carbonyl (C=O) groups is 1. The summed E-state index contributed by atoms with van der Waals surface area (Å²) in [4.78, 5) is 23.4. The molecule has 0 unspecified atom stereocenters.